The Balaban J connectivity index is 1.97. The van der Waals surface area contributed by atoms with Crippen molar-refractivity contribution < 1.29 is 22.7 Å². The molecule has 3 aromatic rings. The van der Waals surface area contributed by atoms with Crippen molar-refractivity contribution in [2.45, 2.75) is 38.1 Å². The molecule has 0 saturated carbocycles. The van der Waals surface area contributed by atoms with Gasteiger partial charge < -0.3 is 14.8 Å². The van der Waals surface area contributed by atoms with Gasteiger partial charge in [0.15, 0.2) is 0 Å². The Labute approximate surface area is 207 Å². The van der Waals surface area contributed by atoms with Crippen molar-refractivity contribution in [3.63, 3.8) is 0 Å². The van der Waals surface area contributed by atoms with Crippen molar-refractivity contribution in [2.75, 3.05) is 25.1 Å². The largest absolute Gasteiger partial charge is 0.497 e. The molecule has 0 radical (unpaired) electrons. The van der Waals surface area contributed by atoms with Crippen LogP contribution in [-0.4, -0.2) is 35.1 Å². The van der Waals surface area contributed by atoms with Crippen LogP contribution in [0.2, 0.25) is 0 Å². The van der Waals surface area contributed by atoms with Crippen molar-refractivity contribution in [1.29, 1.82) is 0 Å². The van der Waals surface area contributed by atoms with E-state index in [9.17, 15) is 13.2 Å². The maximum atomic E-state index is 13.7. The number of sulfonamides is 1. The van der Waals surface area contributed by atoms with Crippen LogP contribution in [0.1, 0.15) is 36.1 Å². The Morgan fingerprint density at radius 3 is 2.11 bits per heavy atom. The van der Waals surface area contributed by atoms with E-state index in [1.807, 2.05) is 51.1 Å². The lowest BCUT2D eigenvalue weighted by Crippen LogP contribution is -2.42. The second-order valence-corrected chi connectivity index (χ2v) is 10.2. The molecule has 0 heterocycles. The van der Waals surface area contributed by atoms with Gasteiger partial charge in [-0.25, -0.2) is 8.42 Å². The number of aryl methyl sites for hydroxylation is 2. The molecule has 1 amide bonds. The zero-order valence-electron chi connectivity index (χ0n) is 20.7. The number of carbonyl (C=O) groups is 1. The van der Waals surface area contributed by atoms with E-state index in [0.29, 0.717) is 17.9 Å². The summed E-state index contributed by atoms with van der Waals surface area (Å²) in [6.07, 6.45) is 0.635. The zero-order valence-corrected chi connectivity index (χ0v) is 21.6. The molecule has 0 aliphatic carbocycles. The van der Waals surface area contributed by atoms with Crippen LogP contribution in [-0.2, 0) is 14.8 Å². The molecular weight excluding hydrogens is 464 g/mol. The molecule has 8 heteroatoms. The Kier molecular flexibility index (Phi) is 8.40. The third-order valence-corrected chi connectivity index (χ3v) is 7.53. The van der Waals surface area contributed by atoms with Gasteiger partial charge in [0, 0.05) is 0 Å². The lowest BCUT2D eigenvalue weighted by Gasteiger charge is -2.27. The highest BCUT2D eigenvalue weighted by Gasteiger charge is 2.30. The van der Waals surface area contributed by atoms with Crippen LogP contribution in [0.5, 0.6) is 11.5 Å². The van der Waals surface area contributed by atoms with Crippen LogP contribution < -0.4 is 19.1 Å². The minimum atomic E-state index is -4.06. The van der Waals surface area contributed by atoms with Gasteiger partial charge in [0.2, 0.25) is 5.91 Å². The van der Waals surface area contributed by atoms with Gasteiger partial charge in [0.25, 0.3) is 10.0 Å². The molecule has 0 aliphatic rings. The van der Waals surface area contributed by atoms with Crippen LogP contribution >= 0.6 is 0 Å². The maximum Gasteiger partial charge on any atom is 0.264 e. The van der Waals surface area contributed by atoms with Crippen molar-refractivity contribution in [3.05, 3.63) is 83.4 Å². The molecule has 0 aliphatic heterocycles. The van der Waals surface area contributed by atoms with E-state index < -0.39 is 22.5 Å². The van der Waals surface area contributed by atoms with Gasteiger partial charge in [-0.2, -0.15) is 0 Å². The Hall–Kier alpha value is -3.52. The normalized spacial score (nSPS) is 12.0. The summed E-state index contributed by atoms with van der Waals surface area (Å²) < 4.78 is 39.2. The van der Waals surface area contributed by atoms with Gasteiger partial charge in [-0.1, -0.05) is 42.8 Å². The highest BCUT2D eigenvalue weighted by atomic mass is 32.2. The molecule has 3 aromatic carbocycles. The summed E-state index contributed by atoms with van der Waals surface area (Å²) in [4.78, 5) is 13.3. The van der Waals surface area contributed by atoms with Crippen LogP contribution in [0, 0.1) is 13.8 Å². The molecule has 35 heavy (non-hydrogen) atoms. The number of amides is 1. The SMILES string of the molecule is CCC(NC(=O)CN(c1cc(C)ccc1OC)S(=O)(=O)c1ccc(C)cc1)c1ccc(OC)cc1. The predicted molar refractivity (Wildman–Crippen MR) is 138 cm³/mol. The lowest BCUT2D eigenvalue weighted by atomic mass is 10.0. The van der Waals surface area contributed by atoms with Gasteiger partial charge >= 0.3 is 0 Å². The summed E-state index contributed by atoms with van der Waals surface area (Å²) >= 11 is 0. The molecule has 0 spiro atoms. The van der Waals surface area contributed by atoms with E-state index >= 15 is 0 Å². The molecule has 0 aromatic heterocycles. The topological polar surface area (TPSA) is 84.9 Å². The summed E-state index contributed by atoms with van der Waals surface area (Å²) in [6, 6.07) is 18.9. The van der Waals surface area contributed by atoms with Crippen molar-refractivity contribution in [1.82, 2.24) is 5.32 Å². The zero-order chi connectivity index (χ0) is 25.6. The highest BCUT2D eigenvalue weighted by molar-refractivity contribution is 7.92. The number of hydrogen-bond acceptors (Lipinski definition) is 5. The molecule has 1 unspecified atom stereocenters. The number of rotatable bonds is 10. The number of benzene rings is 3. The minimum Gasteiger partial charge on any atom is -0.497 e. The monoisotopic (exact) mass is 496 g/mol. The molecule has 1 atom stereocenters. The fraction of sp³-hybridized carbons (Fsp3) is 0.296. The fourth-order valence-corrected chi connectivity index (χ4v) is 5.18. The average molecular weight is 497 g/mol. The predicted octanol–water partition coefficient (Wildman–Crippen LogP) is 4.78. The number of anilines is 1. The van der Waals surface area contributed by atoms with E-state index in [-0.39, 0.29) is 10.9 Å². The Morgan fingerprint density at radius 1 is 0.914 bits per heavy atom. The standard InChI is InChI=1S/C27H32N2O5S/c1-6-24(21-10-12-22(33-4)13-11-21)28-27(30)18-29(25-17-20(3)9-16-26(25)34-5)35(31,32)23-14-7-19(2)8-15-23/h7-17,24H,6,18H2,1-5H3,(H,28,30). The maximum absolute atomic E-state index is 13.7. The molecule has 186 valence electrons. The lowest BCUT2D eigenvalue weighted by molar-refractivity contribution is -0.120. The molecule has 0 fully saturated rings. The number of methoxy groups -OCH3 is 2. The van der Waals surface area contributed by atoms with E-state index in [1.54, 1.807) is 43.5 Å². The van der Waals surface area contributed by atoms with Gasteiger partial charge in [0.05, 0.1) is 30.8 Å². The highest BCUT2D eigenvalue weighted by Crippen LogP contribution is 2.33. The van der Waals surface area contributed by atoms with Crippen molar-refractivity contribution in [2.24, 2.45) is 0 Å². The van der Waals surface area contributed by atoms with Crippen molar-refractivity contribution >= 4 is 21.6 Å². The average Bonchev–Trinajstić information content (AvgIpc) is 2.86. The van der Waals surface area contributed by atoms with Gasteiger partial charge in [-0.05, 0) is 67.8 Å². The van der Waals surface area contributed by atoms with Gasteiger partial charge in [-0.3, -0.25) is 9.10 Å². The first-order valence-corrected chi connectivity index (χ1v) is 12.8. The van der Waals surface area contributed by atoms with E-state index in [0.717, 1.165) is 26.7 Å². The van der Waals surface area contributed by atoms with Crippen LogP contribution in [0.15, 0.2) is 71.6 Å². The number of ether oxygens (including phenoxy) is 2. The summed E-state index contributed by atoms with van der Waals surface area (Å²) in [7, 11) is -0.988. The van der Waals surface area contributed by atoms with Crippen LogP contribution in [0.3, 0.4) is 0 Å². The van der Waals surface area contributed by atoms with Gasteiger partial charge in [-0.15, -0.1) is 0 Å². The van der Waals surface area contributed by atoms with E-state index in [1.165, 1.54) is 7.11 Å². The summed E-state index contributed by atoms with van der Waals surface area (Å²) in [5, 5.41) is 2.98. The number of nitrogens with zero attached hydrogens (tertiary/aromatic N) is 1. The molecule has 0 saturated heterocycles. The first-order chi connectivity index (χ1) is 16.7. The fourth-order valence-electron chi connectivity index (χ4n) is 3.76. The molecule has 0 bridgehead atoms. The molecule has 1 N–H and O–H groups in total. The van der Waals surface area contributed by atoms with E-state index in [4.69, 9.17) is 9.47 Å². The Bertz CT molecular complexity index is 1260. The van der Waals surface area contributed by atoms with Gasteiger partial charge in [0.1, 0.15) is 18.0 Å². The first kappa shape index (κ1) is 26.1. The smallest absolute Gasteiger partial charge is 0.264 e. The van der Waals surface area contributed by atoms with Crippen LogP contribution in [0.25, 0.3) is 0 Å². The second kappa shape index (κ2) is 11.3. The third kappa shape index (κ3) is 6.14. The quantitative estimate of drug-likeness (QED) is 0.437. The number of nitrogens with one attached hydrogen (secondary N) is 1. The molecular formula is C27H32N2O5S. The number of carbonyl (C=O) groups excluding carboxylic acids is 1. The summed E-state index contributed by atoms with van der Waals surface area (Å²) in [5.41, 5.74) is 2.99. The second-order valence-electron chi connectivity index (χ2n) is 8.30. The first-order valence-electron chi connectivity index (χ1n) is 11.4. The third-order valence-electron chi connectivity index (χ3n) is 5.76. The van der Waals surface area contributed by atoms with E-state index in [2.05, 4.69) is 5.32 Å². The summed E-state index contributed by atoms with van der Waals surface area (Å²) in [5.74, 6) is 0.657. The molecule has 7 nitrogen and oxygen atoms in total. The van der Waals surface area contributed by atoms with Crippen molar-refractivity contribution in [3.8, 4) is 11.5 Å². The minimum absolute atomic E-state index is 0.0988. The summed E-state index contributed by atoms with van der Waals surface area (Å²) in [6.45, 7) is 5.30. The number of hydrogen-bond donors (Lipinski definition) is 1. The Morgan fingerprint density at radius 2 is 1.54 bits per heavy atom. The van der Waals surface area contributed by atoms with Crippen LogP contribution in [0.4, 0.5) is 5.69 Å². The molecule has 3 rings (SSSR count).